The number of hydrogen-bond acceptors (Lipinski definition) is 8. The Balaban J connectivity index is 1.85. The predicted molar refractivity (Wildman–Crippen MR) is 160 cm³/mol. The smallest absolute Gasteiger partial charge is 0.407 e. The summed E-state index contributed by atoms with van der Waals surface area (Å²) in [4.78, 5) is 47.7. The Labute approximate surface area is 241 Å². The van der Waals surface area contributed by atoms with Crippen LogP contribution in [0, 0.1) is 0 Å². The average Bonchev–Trinajstić information content (AvgIpc) is 2.95. The summed E-state index contributed by atoms with van der Waals surface area (Å²) in [6.45, 7) is 8.86. The van der Waals surface area contributed by atoms with Gasteiger partial charge in [-0.3, -0.25) is 9.59 Å². The normalized spacial score (nSPS) is 10.9. The summed E-state index contributed by atoms with van der Waals surface area (Å²) in [5, 5.41) is 11.9. The minimum Gasteiger partial charge on any atom is -0.444 e. The minimum absolute atomic E-state index is 0.105. The number of nitrogens with zero attached hydrogens (tertiary/aromatic N) is 2. The molecule has 1 heterocycles. The lowest BCUT2D eigenvalue weighted by molar-refractivity contribution is 0.0525. The first-order valence-electron chi connectivity index (χ1n) is 13.9. The zero-order chi connectivity index (χ0) is 29.7. The lowest BCUT2D eigenvalue weighted by Crippen LogP contribution is -2.33. The number of ketones is 1. The number of anilines is 2. The van der Waals surface area contributed by atoms with Crippen molar-refractivity contribution in [3.63, 3.8) is 0 Å². The molecule has 218 valence electrons. The second kappa shape index (κ2) is 15.4. The fraction of sp³-hybridized carbons (Fsp3) is 0.387. The molecule has 10 nitrogen and oxygen atoms in total. The van der Waals surface area contributed by atoms with E-state index >= 15 is 0 Å². The fourth-order valence-electron chi connectivity index (χ4n) is 3.79. The van der Waals surface area contributed by atoms with Crippen LogP contribution < -0.4 is 21.3 Å². The first kappa shape index (κ1) is 31.1. The quantitative estimate of drug-likeness (QED) is 0.154. The van der Waals surface area contributed by atoms with Gasteiger partial charge in [0.05, 0.1) is 0 Å². The third kappa shape index (κ3) is 10.6. The van der Waals surface area contributed by atoms with Gasteiger partial charge in [0.25, 0.3) is 5.91 Å². The first-order chi connectivity index (χ1) is 19.7. The molecule has 0 saturated heterocycles. The van der Waals surface area contributed by atoms with Crippen molar-refractivity contribution >= 4 is 29.4 Å². The van der Waals surface area contributed by atoms with E-state index in [2.05, 4.69) is 31.2 Å². The van der Waals surface area contributed by atoms with Crippen molar-refractivity contribution in [2.45, 2.75) is 65.6 Å². The highest BCUT2D eigenvalue weighted by atomic mass is 16.6. The molecule has 41 heavy (non-hydrogen) atoms. The van der Waals surface area contributed by atoms with Crippen molar-refractivity contribution in [3.05, 3.63) is 83.2 Å². The van der Waals surface area contributed by atoms with Gasteiger partial charge in [0.2, 0.25) is 0 Å². The molecule has 0 aliphatic rings. The summed E-state index contributed by atoms with van der Waals surface area (Å²) in [7, 11) is 0. The van der Waals surface area contributed by atoms with E-state index in [0.717, 1.165) is 17.5 Å². The third-order valence-corrected chi connectivity index (χ3v) is 5.76. The molecule has 0 saturated carbocycles. The van der Waals surface area contributed by atoms with Crippen LogP contribution in [0.15, 0.2) is 60.7 Å². The Morgan fingerprint density at radius 2 is 1.29 bits per heavy atom. The highest BCUT2D eigenvalue weighted by Crippen LogP contribution is 2.22. The molecular weight excluding hydrogens is 520 g/mol. The molecule has 0 aliphatic carbocycles. The first-order valence-corrected chi connectivity index (χ1v) is 13.9. The summed E-state index contributed by atoms with van der Waals surface area (Å²) in [6.07, 6.45) is 0.719. The summed E-state index contributed by atoms with van der Waals surface area (Å²) in [5.74, 6) is -0.186. The van der Waals surface area contributed by atoms with Crippen LogP contribution in [0.5, 0.6) is 0 Å². The number of nitrogens with one attached hydrogen (secondary N) is 4. The molecule has 0 spiro atoms. The maximum atomic E-state index is 13.4. The molecule has 0 bridgehead atoms. The van der Waals surface area contributed by atoms with E-state index in [4.69, 9.17) is 4.74 Å². The van der Waals surface area contributed by atoms with Crippen molar-refractivity contribution in [1.82, 2.24) is 20.6 Å². The summed E-state index contributed by atoms with van der Waals surface area (Å²) >= 11 is 0. The van der Waals surface area contributed by atoms with Crippen molar-refractivity contribution in [1.29, 1.82) is 0 Å². The molecule has 1 aromatic heterocycles. The molecule has 0 unspecified atom stereocenters. The number of benzene rings is 2. The SMILES string of the molecule is CCCNC(=O)c1nc(NCc2ccccc2)c(C(=O)CCCNC(=O)OC(C)(C)C)nc1NCc1ccccc1. The van der Waals surface area contributed by atoms with E-state index in [1.54, 1.807) is 20.8 Å². The molecule has 2 aromatic carbocycles. The van der Waals surface area contributed by atoms with Crippen LogP contribution >= 0.6 is 0 Å². The number of hydrogen-bond donors (Lipinski definition) is 4. The highest BCUT2D eigenvalue weighted by molar-refractivity contribution is 6.02. The van der Waals surface area contributed by atoms with E-state index in [9.17, 15) is 14.4 Å². The number of alkyl carbamates (subject to hydrolysis) is 1. The number of amides is 2. The lowest BCUT2D eigenvalue weighted by atomic mass is 10.1. The van der Waals surface area contributed by atoms with Crippen molar-refractivity contribution in [2.24, 2.45) is 0 Å². The molecule has 3 aromatic rings. The number of rotatable bonds is 14. The van der Waals surface area contributed by atoms with Gasteiger partial charge in [-0.05, 0) is 44.7 Å². The van der Waals surface area contributed by atoms with Gasteiger partial charge < -0.3 is 26.0 Å². The van der Waals surface area contributed by atoms with Crippen molar-refractivity contribution in [2.75, 3.05) is 23.7 Å². The van der Waals surface area contributed by atoms with Crippen LogP contribution in [0.25, 0.3) is 0 Å². The second-order valence-electron chi connectivity index (χ2n) is 10.5. The number of Topliss-reactive ketones (excluding diaryl/α,β-unsaturated/α-hetero) is 1. The highest BCUT2D eigenvalue weighted by Gasteiger charge is 2.23. The van der Waals surface area contributed by atoms with Crippen LogP contribution in [0.2, 0.25) is 0 Å². The van der Waals surface area contributed by atoms with Crippen LogP contribution in [-0.2, 0) is 17.8 Å². The lowest BCUT2D eigenvalue weighted by Gasteiger charge is -2.19. The molecule has 0 aliphatic heterocycles. The fourth-order valence-corrected chi connectivity index (χ4v) is 3.79. The number of ether oxygens (including phenoxy) is 1. The average molecular weight is 561 g/mol. The molecule has 0 atom stereocenters. The Bertz CT molecular complexity index is 1290. The van der Waals surface area contributed by atoms with Crippen LogP contribution in [0.4, 0.5) is 16.4 Å². The monoisotopic (exact) mass is 560 g/mol. The van der Waals surface area contributed by atoms with Gasteiger partial charge in [-0.15, -0.1) is 0 Å². The number of aromatic nitrogens is 2. The molecule has 4 N–H and O–H groups in total. The molecule has 3 rings (SSSR count). The summed E-state index contributed by atoms with van der Waals surface area (Å²) in [5.41, 5.74) is 1.59. The van der Waals surface area contributed by atoms with E-state index < -0.39 is 11.7 Å². The van der Waals surface area contributed by atoms with Gasteiger partial charge in [-0.2, -0.15) is 0 Å². The standard InChI is InChI=1S/C31H40N6O4/c1-5-18-32-29(39)26-28(35-21-23-15-10-7-11-16-23)36-25(27(37-26)34-20-22-13-8-6-9-14-22)24(38)17-12-19-33-30(40)41-31(2,3)4/h6-11,13-16H,5,12,17-21H2,1-4H3,(H,32,39)(H,33,40)(H,34,37)(H,35,36). The van der Waals surface area contributed by atoms with E-state index in [0.29, 0.717) is 26.1 Å². The largest absolute Gasteiger partial charge is 0.444 e. The number of carbonyl (C=O) groups is 3. The van der Waals surface area contributed by atoms with Crippen molar-refractivity contribution < 1.29 is 19.1 Å². The van der Waals surface area contributed by atoms with Gasteiger partial charge in [-0.25, -0.2) is 14.8 Å². The van der Waals surface area contributed by atoms with E-state index in [1.807, 2.05) is 67.6 Å². The Morgan fingerprint density at radius 3 is 1.83 bits per heavy atom. The summed E-state index contributed by atoms with van der Waals surface area (Å²) < 4.78 is 5.25. The van der Waals surface area contributed by atoms with Crippen molar-refractivity contribution in [3.8, 4) is 0 Å². The molecule has 10 heteroatoms. The van der Waals surface area contributed by atoms with E-state index in [-0.39, 0.29) is 47.7 Å². The third-order valence-electron chi connectivity index (χ3n) is 5.76. The Kier molecular flexibility index (Phi) is 11.6. The Morgan fingerprint density at radius 1 is 0.756 bits per heavy atom. The zero-order valence-corrected chi connectivity index (χ0v) is 24.3. The molecular formula is C31H40N6O4. The Hall–Kier alpha value is -4.47. The van der Waals surface area contributed by atoms with Crippen LogP contribution in [0.3, 0.4) is 0 Å². The van der Waals surface area contributed by atoms with Gasteiger partial charge in [0, 0.05) is 32.6 Å². The summed E-state index contributed by atoms with van der Waals surface area (Å²) in [6, 6.07) is 19.4. The van der Waals surface area contributed by atoms with Gasteiger partial charge in [-0.1, -0.05) is 67.6 Å². The van der Waals surface area contributed by atoms with Gasteiger partial charge in [0.15, 0.2) is 28.8 Å². The maximum absolute atomic E-state index is 13.4. The van der Waals surface area contributed by atoms with Crippen LogP contribution in [-0.4, -0.2) is 46.4 Å². The van der Waals surface area contributed by atoms with Crippen LogP contribution in [0.1, 0.15) is 79.1 Å². The molecule has 0 radical (unpaired) electrons. The van der Waals surface area contributed by atoms with E-state index in [1.165, 1.54) is 0 Å². The minimum atomic E-state index is -0.608. The van der Waals surface area contributed by atoms with Gasteiger partial charge in [0.1, 0.15) is 5.60 Å². The second-order valence-corrected chi connectivity index (χ2v) is 10.5. The predicted octanol–water partition coefficient (Wildman–Crippen LogP) is 5.33. The topological polar surface area (TPSA) is 134 Å². The maximum Gasteiger partial charge on any atom is 0.407 e. The number of carbonyl (C=O) groups excluding carboxylic acids is 3. The van der Waals surface area contributed by atoms with Gasteiger partial charge >= 0.3 is 6.09 Å². The zero-order valence-electron chi connectivity index (χ0n) is 24.3. The molecule has 2 amide bonds. The molecule has 0 fully saturated rings.